The Hall–Kier alpha value is -1.76. The number of ether oxygens (including phenoxy) is 1. The number of piperidine rings is 1. The highest BCUT2D eigenvalue weighted by atomic mass is 19.4. The van der Waals surface area contributed by atoms with E-state index in [4.69, 9.17) is 0 Å². The van der Waals surface area contributed by atoms with E-state index in [1.54, 1.807) is 12.1 Å². The molecule has 1 unspecified atom stereocenters. The number of hydrogen-bond donors (Lipinski definition) is 1. The second-order valence-electron chi connectivity index (χ2n) is 6.90. The Kier molecular flexibility index (Phi) is 5.51. The van der Waals surface area contributed by atoms with Crippen LogP contribution in [0.4, 0.5) is 13.2 Å². The average Bonchev–Trinajstić information content (AvgIpc) is 2.46. The van der Waals surface area contributed by atoms with E-state index in [-0.39, 0.29) is 23.6 Å². The van der Waals surface area contributed by atoms with Gasteiger partial charge in [0.05, 0.1) is 0 Å². The summed E-state index contributed by atoms with van der Waals surface area (Å²) in [6, 6.07) is 6.13. The molecule has 0 radical (unpaired) electrons. The zero-order valence-electron chi connectivity index (χ0n) is 14.0. The van der Waals surface area contributed by atoms with E-state index in [2.05, 4.69) is 15.0 Å². The summed E-state index contributed by atoms with van der Waals surface area (Å²) in [5.41, 5.74) is 0.931. The Morgan fingerprint density at radius 3 is 2.48 bits per heavy atom. The topological polar surface area (TPSA) is 41.6 Å². The first-order chi connectivity index (χ1) is 11.9. The van der Waals surface area contributed by atoms with Gasteiger partial charge in [-0.05, 0) is 49.9 Å². The minimum atomic E-state index is -4.67. The summed E-state index contributed by atoms with van der Waals surface area (Å²) in [4.78, 5) is 14.3. The lowest BCUT2D eigenvalue weighted by atomic mass is 9.84. The summed E-state index contributed by atoms with van der Waals surface area (Å²) in [7, 11) is 0. The molecule has 138 valence electrons. The minimum Gasteiger partial charge on any atom is -0.406 e. The normalized spacial score (nSPS) is 22.3. The van der Waals surface area contributed by atoms with Crippen molar-refractivity contribution in [1.29, 1.82) is 0 Å². The Balaban J connectivity index is 1.49. The molecule has 25 heavy (non-hydrogen) atoms. The number of likely N-dealkylation sites (tertiary alicyclic amines) is 1. The molecule has 0 bridgehead atoms. The van der Waals surface area contributed by atoms with Crippen molar-refractivity contribution in [2.24, 2.45) is 5.92 Å². The summed E-state index contributed by atoms with van der Waals surface area (Å²) in [5.74, 6) is 0.156. The number of nitrogens with one attached hydrogen (secondary N) is 1. The summed E-state index contributed by atoms with van der Waals surface area (Å²) in [5, 5.41) is 3.15. The highest BCUT2D eigenvalue weighted by Gasteiger charge is 2.31. The largest absolute Gasteiger partial charge is 0.573 e. The van der Waals surface area contributed by atoms with Crippen molar-refractivity contribution >= 4 is 5.91 Å². The Morgan fingerprint density at radius 2 is 1.88 bits per heavy atom. The van der Waals surface area contributed by atoms with Crippen LogP contribution in [0.15, 0.2) is 24.3 Å². The summed E-state index contributed by atoms with van der Waals surface area (Å²) in [6.45, 7) is 2.36. The molecule has 3 rings (SSSR count). The van der Waals surface area contributed by atoms with Gasteiger partial charge in [-0.25, -0.2) is 0 Å². The molecule has 1 atom stereocenters. The average molecular weight is 356 g/mol. The maximum absolute atomic E-state index is 12.2. The van der Waals surface area contributed by atoms with Crippen LogP contribution in [-0.2, 0) is 11.3 Å². The second kappa shape index (κ2) is 7.64. The van der Waals surface area contributed by atoms with Gasteiger partial charge in [0.25, 0.3) is 0 Å². The first-order valence-electron chi connectivity index (χ1n) is 8.76. The fraction of sp³-hybridized carbons (Fsp3) is 0.611. The van der Waals surface area contributed by atoms with Crippen LogP contribution in [-0.4, -0.2) is 36.3 Å². The van der Waals surface area contributed by atoms with Gasteiger partial charge in [-0.1, -0.05) is 18.6 Å². The number of alkyl halides is 3. The van der Waals surface area contributed by atoms with Crippen LogP contribution in [0.5, 0.6) is 5.75 Å². The first kappa shape index (κ1) is 18.0. The number of halogens is 3. The molecule has 1 N–H and O–H groups in total. The Labute approximate surface area is 145 Å². The fourth-order valence-corrected chi connectivity index (χ4v) is 3.36. The molecule has 1 aromatic rings. The minimum absolute atomic E-state index is 0.162. The van der Waals surface area contributed by atoms with Crippen LogP contribution in [0.1, 0.15) is 37.7 Å². The second-order valence-corrected chi connectivity index (χ2v) is 6.90. The van der Waals surface area contributed by atoms with Gasteiger partial charge in [0.2, 0.25) is 5.91 Å². The number of amides is 1. The molecule has 7 heteroatoms. The standard InChI is InChI=1S/C18H23F3N2O2/c19-18(20,21)25-16-8-6-13(7-9-16)11-23-10-2-5-15(12-23)22-17(24)14-3-1-4-14/h6-9,14-15H,1-5,10-12H2,(H,22,24). The van der Waals surface area contributed by atoms with Crippen molar-refractivity contribution in [3.05, 3.63) is 29.8 Å². The lowest BCUT2D eigenvalue weighted by Crippen LogP contribution is -2.49. The van der Waals surface area contributed by atoms with Crippen LogP contribution >= 0.6 is 0 Å². The Bertz CT molecular complexity index is 585. The van der Waals surface area contributed by atoms with Crippen LogP contribution < -0.4 is 10.1 Å². The summed E-state index contributed by atoms with van der Waals surface area (Å²) < 4.78 is 40.4. The van der Waals surface area contributed by atoms with Gasteiger partial charge >= 0.3 is 6.36 Å². The van der Waals surface area contributed by atoms with Crippen molar-refractivity contribution in [2.75, 3.05) is 13.1 Å². The molecule has 2 fully saturated rings. The van der Waals surface area contributed by atoms with E-state index in [9.17, 15) is 18.0 Å². The molecule has 1 amide bonds. The molecule has 1 heterocycles. The molecular formula is C18H23F3N2O2. The van der Waals surface area contributed by atoms with Gasteiger partial charge in [-0.2, -0.15) is 0 Å². The van der Waals surface area contributed by atoms with Gasteiger partial charge < -0.3 is 10.1 Å². The van der Waals surface area contributed by atoms with Crippen LogP contribution in [0.3, 0.4) is 0 Å². The third-order valence-electron chi connectivity index (χ3n) is 4.89. The number of carbonyl (C=O) groups excluding carboxylic acids is 1. The molecule has 2 aliphatic rings. The predicted octanol–water partition coefficient (Wildman–Crippen LogP) is 3.47. The van der Waals surface area contributed by atoms with Crippen molar-refractivity contribution in [1.82, 2.24) is 10.2 Å². The highest BCUT2D eigenvalue weighted by Crippen LogP contribution is 2.27. The van der Waals surface area contributed by atoms with E-state index in [1.807, 2.05) is 0 Å². The van der Waals surface area contributed by atoms with Crippen molar-refractivity contribution in [3.63, 3.8) is 0 Å². The molecule has 0 spiro atoms. The number of nitrogens with zero attached hydrogens (tertiary/aromatic N) is 1. The SMILES string of the molecule is O=C(NC1CCCN(Cc2ccc(OC(F)(F)F)cc2)C1)C1CCC1. The van der Waals surface area contributed by atoms with Gasteiger partial charge in [0.1, 0.15) is 5.75 Å². The van der Waals surface area contributed by atoms with Crippen LogP contribution in [0.25, 0.3) is 0 Å². The van der Waals surface area contributed by atoms with E-state index in [0.717, 1.165) is 50.8 Å². The smallest absolute Gasteiger partial charge is 0.406 e. The van der Waals surface area contributed by atoms with Crippen molar-refractivity contribution in [3.8, 4) is 5.75 Å². The zero-order valence-corrected chi connectivity index (χ0v) is 14.0. The molecular weight excluding hydrogens is 333 g/mol. The van der Waals surface area contributed by atoms with Crippen LogP contribution in [0.2, 0.25) is 0 Å². The maximum Gasteiger partial charge on any atom is 0.573 e. The molecule has 4 nitrogen and oxygen atoms in total. The number of carbonyl (C=O) groups is 1. The zero-order chi connectivity index (χ0) is 17.9. The maximum atomic E-state index is 12.2. The third kappa shape index (κ3) is 5.36. The predicted molar refractivity (Wildman–Crippen MR) is 86.9 cm³/mol. The van der Waals surface area contributed by atoms with Crippen LogP contribution in [0, 0.1) is 5.92 Å². The summed E-state index contributed by atoms with van der Waals surface area (Å²) in [6.07, 6.45) is 0.449. The number of rotatable bonds is 5. The molecule has 1 saturated carbocycles. The monoisotopic (exact) mass is 356 g/mol. The van der Waals surface area contributed by atoms with Gasteiger partial charge in [0, 0.05) is 25.0 Å². The third-order valence-corrected chi connectivity index (χ3v) is 4.89. The van der Waals surface area contributed by atoms with E-state index in [0.29, 0.717) is 6.54 Å². The lowest BCUT2D eigenvalue weighted by molar-refractivity contribution is -0.274. The van der Waals surface area contributed by atoms with Gasteiger partial charge in [-0.15, -0.1) is 13.2 Å². The molecule has 1 saturated heterocycles. The Morgan fingerprint density at radius 1 is 1.16 bits per heavy atom. The quantitative estimate of drug-likeness (QED) is 0.878. The molecule has 0 aromatic heterocycles. The fourth-order valence-electron chi connectivity index (χ4n) is 3.36. The van der Waals surface area contributed by atoms with Crippen molar-refractivity contribution in [2.45, 2.75) is 51.1 Å². The molecule has 1 aromatic carbocycles. The van der Waals surface area contributed by atoms with E-state index >= 15 is 0 Å². The van der Waals surface area contributed by atoms with E-state index in [1.165, 1.54) is 12.1 Å². The van der Waals surface area contributed by atoms with Gasteiger partial charge in [0.15, 0.2) is 0 Å². The molecule has 1 aliphatic carbocycles. The van der Waals surface area contributed by atoms with E-state index < -0.39 is 6.36 Å². The first-order valence-corrected chi connectivity index (χ1v) is 8.76. The molecule has 1 aliphatic heterocycles. The van der Waals surface area contributed by atoms with Crippen molar-refractivity contribution < 1.29 is 22.7 Å². The summed E-state index contributed by atoms with van der Waals surface area (Å²) >= 11 is 0. The highest BCUT2D eigenvalue weighted by molar-refractivity contribution is 5.79. The number of benzene rings is 1. The number of hydrogen-bond acceptors (Lipinski definition) is 3. The van der Waals surface area contributed by atoms with Gasteiger partial charge in [-0.3, -0.25) is 9.69 Å². The lowest BCUT2D eigenvalue weighted by Gasteiger charge is -2.35.